The lowest BCUT2D eigenvalue weighted by Gasteiger charge is -2.09. The molecule has 1 amide bonds. The monoisotopic (exact) mass is 297 g/mol. The number of nitrogens with one attached hydrogen (secondary N) is 2. The van der Waals surface area contributed by atoms with Crippen LogP contribution in [0.25, 0.3) is 10.9 Å². The van der Waals surface area contributed by atoms with E-state index in [1.54, 1.807) is 0 Å². The number of benzene rings is 1. The van der Waals surface area contributed by atoms with Crippen molar-refractivity contribution in [3.63, 3.8) is 0 Å². The van der Waals surface area contributed by atoms with E-state index in [0.717, 1.165) is 9.88 Å². The molecule has 5 nitrogen and oxygen atoms in total. The highest BCUT2D eigenvalue weighted by Gasteiger charge is 2.22. The fraction of sp³-hybridized carbons (Fsp3) is 0.438. The van der Waals surface area contributed by atoms with Gasteiger partial charge in [0, 0.05) is 30.5 Å². The molecule has 112 valence electrons. The highest BCUT2D eigenvalue weighted by atomic mass is 16.6. The third kappa shape index (κ3) is 3.19. The molecule has 2 aromatic rings. The molecular weight excluding hydrogens is 266 g/mol. The molecule has 2 N–H and O–H groups in total. The zero-order chi connectivity index (χ0) is 23.6. The van der Waals surface area contributed by atoms with Gasteiger partial charge in [-0.1, -0.05) is 6.07 Å². The summed E-state index contributed by atoms with van der Waals surface area (Å²) in [5.41, 5.74) is 0.691. The molecule has 21 heavy (non-hydrogen) atoms. The molecule has 0 spiro atoms. The maximum atomic E-state index is 11.6. The van der Waals surface area contributed by atoms with Gasteiger partial charge < -0.3 is 19.9 Å². The van der Waals surface area contributed by atoms with Crippen molar-refractivity contribution >= 4 is 17.0 Å². The van der Waals surface area contributed by atoms with Gasteiger partial charge in [-0.2, -0.15) is 0 Å². The first-order chi connectivity index (χ1) is 14.0. The summed E-state index contributed by atoms with van der Waals surface area (Å²) in [5.74, 6) is 0. The number of aromatic amines is 1. The van der Waals surface area contributed by atoms with Crippen LogP contribution in [-0.2, 0) is 17.5 Å². The van der Waals surface area contributed by atoms with Crippen molar-refractivity contribution in [2.75, 3.05) is 27.1 Å². The Hall–Kier alpha value is -2.01. The Bertz CT molecular complexity index is 1020. The van der Waals surface area contributed by atoms with Gasteiger partial charge in [0.25, 0.3) is 0 Å². The zero-order valence-corrected chi connectivity index (χ0v) is 11.4. The number of carbonyl (C=O) groups excluding carboxylic acids is 1. The molecule has 0 saturated carbocycles. The number of nitrogens with zero attached hydrogens (tertiary/aromatic N) is 1. The summed E-state index contributed by atoms with van der Waals surface area (Å²) in [5, 5.41) is 0.403. The largest absolute Gasteiger partial charge is 0.447 e. The van der Waals surface area contributed by atoms with Crippen LogP contribution >= 0.6 is 0 Å². The number of cyclic esters (lactones) is 1. The Balaban J connectivity index is 2.02. The number of alkyl carbamates (subject to hydrolysis) is 1. The maximum Gasteiger partial charge on any atom is 0.407 e. The fourth-order valence-corrected chi connectivity index (χ4v) is 2.10. The maximum absolute atomic E-state index is 11.6. The fourth-order valence-electron chi connectivity index (χ4n) is 2.10. The minimum Gasteiger partial charge on any atom is -0.447 e. The van der Waals surface area contributed by atoms with Crippen LogP contribution in [0.3, 0.4) is 0 Å². The first-order valence-corrected chi connectivity index (χ1v) is 6.37. The molecule has 0 bridgehead atoms. The van der Waals surface area contributed by atoms with Gasteiger partial charge in [-0.25, -0.2) is 4.79 Å². The Morgan fingerprint density at radius 2 is 2.62 bits per heavy atom. The van der Waals surface area contributed by atoms with Gasteiger partial charge in [0.2, 0.25) is 0 Å². The minimum absolute atomic E-state index is 0.0546. The summed E-state index contributed by atoms with van der Waals surface area (Å²) in [6.07, 6.45) is -2.63. The molecule has 1 aliphatic rings. The van der Waals surface area contributed by atoms with E-state index in [2.05, 4.69) is 4.74 Å². The van der Waals surface area contributed by atoms with Crippen LogP contribution in [0.4, 0.5) is 4.79 Å². The standard InChI is InChI=1S/C16H21N3O2/c1-19(2)6-5-12-9-17-15-4-3-11(8-14(12)15)7-13-10-21-16(20)18-13/h3-4,8-9,13,17H,5-7,10H2,1-2H3,(H,18,20)/t13-/m0/s1/i1D3,5D2,10D2,13D/hD2. The van der Waals surface area contributed by atoms with Gasteiger partial charge >= 0.3 is 6.09 Å². The van der Waals surface area contributed by atoms with Crippen LogP contribution in [0, 0.1) is 0 Å². The molecule has 1 atom stereocenters. The lowest BCUT2D eigenvalue weighted by atomic mass is 10.0. The Morgan fingerprint density at radius 1 is 1.71 bits per heavy atom. The molecule has 2 heterocycles. The predicted molar refractivity (Wildman–Crippen MR) is 82.5 cm³/mol. The second-order valence-electron chi connectivity index (χ2n) is 4.76. The molecule has 1 aliphatic heterocycles. The summed E-state index contributed by atoms with van der Waals surface area (Å²) >= 11 is 0. The normalized spacial score (nSPS) is 32.9. The number of carbonyl (C=O) groups is 1. The van der Waals surface area contributed by atoms with Crippen molar-refractivity contribution in [2.24, 2.45) is 0 Å². The zero-order valence-electron chi connectivity index (χ0n) is 21.4. The quantitative estimate of drug-likeness (QED) is 0.886. The topological polar surface area (TPSA) is 57.4 Å². The minimum atomic E-state index is -2.75. The average Bonchev–Trinajstić information content (AvgIpc) is 3.02. The van der Waals surface area contributed by atoms with E-state index in [-0.39, 0.29) is 16.3 Å². The van der Waals surface area contributed by atoms with Gasteiger partial charge in [0.15, 0.2) is 2.82 Å². The molecule has 3 rings (SSSR count). The molecule has 0 radical (unpaired) electrons. The number of rotatable bonds is 5. The van der Waals surface area contributed by atoms with Crippen LogP contribution in [-0.4, -0.2) is 49.1 Å². The van der Waals surface area contributed by atoms with E-state index < -0.39 is 45.0 Å². The van der Waals surface area contributed by atoms with Crippen LogP contribution in [0.15, 0.2) is 24.4 Å². The summed E-state index contributed by atoms with van der Waals surface area (Å²) in [4.78, 5) is 13.4. The molecule has 5 heteroatoms. The van der Waals surface area contributed by atoms with E-state index in [9.17, 15) is 4.79 Å². The second kappa shape index (κ2) is 5.77. The summed E-state index contributed by atoms with van der Waals surface area (Å²) in [6.45, 7) is -5.73. The number of hydrogen-bond acceptors (Lipinski definition) is 3. The molecule has 1 saturated heterocycles. The third-order valence-corrected chi connectivity index (χ3v) is 3.04. The predicted octanol–water partition coefficient (Wildman–Crippen LogP) is 1.92. The van der Waals surface area contributed by atoms with Crippen molar-refractivity contribution in [1.82, 2.24) is 15.2 Å². The van der Waals surface area contributed by atoms with E-state index in [1.807, 2.05) is 0 Å². The molecule has 0 aliphatic carbocycles. The highest BCUT2D eigenvalue weighted by Crippen LogP contribution is 2.21. The van der Waals surface area contributed by atoms with Gasteiger partial charge in [0.05, 0.1) is 10.1 Å². The van der Waals surface area contributed by atoms with Crippen molar-refractivity contribution < 1.29 is 23.3 Å². The molecular formula is C16H21N3O2. The number of ether oxygens (including phenoxy) is 1. The van der Waals surface area contributed by atoms with Crippen LogP contribution in [0.2, 0.25) is 2.82 Å². The van der Waals surface area contributed by atoms with Crippen LogP contribution < -0.4 is 5.31 Å². The van der Waals surface area contributed by atoms with Crippen molar-refractivity contribution in [3.05, 3.63) is 35.5 Å². The highest BCUT2D eigenvalue weighted by molar-refractivity contribution is 5.84. The number of H-pyrrole nitrogens is 1. The van der Waals surface area contributed by atoms with Gasteiger partial charge in [-0.05, 0) is 50.1 Å². The number of hydrogen-bond donors (Lipinski definition) is 2. The van der Waals surface area contributed by atoms with E-state index in [0.29, 0.717) is 11.1 Å². The van der Waals surface area contributed by atoms with Gasteiger partial charge in [0.1, 0.15) is 6.56 Å². The van der Waals surface area contributed by atoms with E-state index in [1.165, 1.54) is 31.4 Å². The number of amides is 1. The first-order valence-electron chi connectivity index (χ1n) is 11.3. The SMILES string of the molecule is [2H]N1C(=O)OC([2H])([2H])[C@]1([2H])Cc1ccc2c(c1)c(C([2H])([2H])CN(C)C([2H])([2H])[2H])cn2[2H]. The van der Waals surface area contributed by atoms with Crippen molar-refractivity contribution in [1.29, 1.82) is 0 Å². The smallest absolute Gasteiger partial charge is 0.407 e. The third-order valence-electron chi connectivity index (χ3n) is 3.04. The second-order valence-corrected chi connectivity index (χ2v) is 4.76. The van der Waals surface area contributed by atoms with Gasteiger partial charge in [-0.3, -0.25) is 0 Å². The Kier molecular flexibility index (Phi) is 1.76. The van der Waals surface area contributed by atoms with Crippen LogP contribution in [0.1, 0.15) is 22.1 Å². The Labute approximate surface area is 138 Å². The van der Waals surface area contributed by atoms with Crippen LogP contribution in [0.5, 0.6) is 0 Å². The van der Waals surface area contributed by atoms with E-state index >= 15 is 0 Å². The number of aromatic nitrogens is 1. The molecule has 1 aromatic carbocycles. The molecule has 1 fully saturated rings. The lowest BCUT2D eigenvalue weighted by Crippen LogP contribution is -2.28. The number of fused-ring (bicyclic) bond motifs is 1. The van der Waals surface area contributed by atoms with Gasteiger partial charge in [-0.15, -0.1) is 0 Å². The first kappa shape index (κ1) is 6.40. The summed E-state index contributed by atoms with van der Waals surface area (Å²) < 4.78 is 83.3. The lowest BCUT2D eigenvalue weighted by molar-refractivity contribution is 0.177. The summed E-state index contributed by atoms with van der Waals surface area (Å²) in [7, 11) is 1.27. The number of likely N-dealkylation sites (N-methyl/N-ethyl adjacent to an activating group) is 1. The molecule has 0 unspecified atom stereocenters. The van der Waals surface area contributed by atoms with Crippen molar-refractivity contribution in [2.45, 2.75) is 18.8 Å². The van der Waals surface area contributed by atoms with E-state index in [4.69, 9.17) is 13.8 Å². The average molecular weight is 297 g/mol. The Morgan fingerprint density at radius 3 is 3.38 bits per heavy atom. The molecule has 1 aromatic heterocycles. The summed E-state index contributed by atoms with van der Waals surface area (Å²) in [6, 6.07) is 2.05. The van der Waals surface area contributed by atoms with Crippen molar-refractivity contribution in [3.8, 4) is 0 Å².